The predicted octanol–water partition coefficient (Wildman–Crippen LogP) is 8.18. The highest BCUT2D eigenvalue weighted by Crippen LogP contribution is 2.43. The smallest absolute Gasteiger partial charge is 0.374 e. The largest absolute Gasteiger partial charge is 0.416 e. The zero-order valence-corrected chi connectivity index (χ0v) is 19.4. The molecule has 11 heteroatoms. The summed E-state index contributed by atoms with van der Waals surface area (Å²) in [6.45, 7) is 0. The minimum absolute atomic E-state index is 0.0165. The van der Waals surface area contributed by atoms with Gasteiger partial charge in [-0.1, -0.05) is 31.7 Å². The second-order valence-corrected chi connectivity index (χ2v) is 9.13. The van der Waals surface area contributed by atoms with Crippen LogP contribution in [-0.2, 0) is 35.3 Å². The SMILES string of the molecule is COC1(c2ccc(C(F)(F)F)cc2CC(N)c2cc(C(F)(F)F)cc(C(F)(F)F)c2)CCCCCC1. The van der Waals surface area contributed by atoms with E-state index in [2.05, 4.69) is 0 Å². The molecular formula is C25H26F9NO. The number of nitrogens with two attached hydrogens (primary N) is 1. The molecule has 3 rings (SSSR count). The van der Waals surface area contributed by atoms with Gasteiger partial charge in [0, 0.05) is 13.2 Å². The fourth-order valence-corrected chi connectivity index (χ4v) is 4.81. The van der Waals surface area contributed by atoms with E-state index in [1.165, 1.54) is 13.2 Å². The summed E-state index contributed by atoms with van der Waals surface area (Å²) in [5.41, 5.74) is 1.08. The highest BCUT2D eigenvalue weighted by Gasteiger charge is 2.39. The van der Waals surface area contributed by atoms with E-state index in [1.807, 2.05) is 0 Å². The van der Waals surface area contributed by atoms with Crippen LogP contribution in [0.15, 0.2) is 36.4 Å². The van der Waals surface area contributed by atoms with Gasteiger partial charge in [0.1, 0.15) is 0 Å². The number of methoxy groups -OCH3 is 1. The maximum absolute atomic E-state index is 13.5. The fourth-order valence-electron chi connectivity index (χ4n) is 4.81. The summed E-state index contributed by atoms with van der Waals surface area (Å²) >= 11 is 0. The number of ether oxygens (including phenoxy) is 1. The number of halogens is 9. The lowest BCUT2D eigenvalue weighted by Gasteiger charge is -2.35. The summed E-state index contributed by atoms with van der Waals surface area (Å²) < 4.78 is 126. The first-order valence-electron chi connectivity index (χ1n) is 11.4. The Bertz CT molecular complexity index is 1020. The third-order valence-electron chi connectivity index (χ3n) is 6.70. The lowest BCUT2D eigenvalue weighted by Crippen LogP contribution is -2.30. The van der Waals surface area contributed by atoms with Gasteiger partial charge in [-0.25, -0.2) is 0 Å². The van der Waals surface area contributed by atoms with Crippen LogP contribution in [0.25, 0.3) is 0 Å². The standard InChI is InChI=1S/C25H26F9NO/c1-36-22(8-4-2-3-5-9-22)20-7-6-17(23(26,27)28)10-15(20)13-21(35)16-11-18(24(29,30)31)14-19(12-16)25(32,33)34/h6-7,10-12,14,21H,2-5,8-9,13,35H2,1H3. The molecule has 36 heavy (non-hydrogen) atoms. The fraction of sp³-hybridized carbons (Fsp3) is 0.520. The third-order valence-corrected chi connectivity index (χ3v) is 6.70. The summed E-state index contributed by atoms with van der Waals surface area (Å²) in [5.74, 6) is 0. The van der Waals surface area contributed by atoms with E-state index in [1.54, 1.807) is 0 Å². The van der Waals surface area contributed by atoms with Gasteiger partial charge in [0.25, 0.3) is 0 Å². The Kier molecular flexibility index (Phi) is 8.05. The van der Waals surface area contributed by atoms with Gasteiger partial charge in [0.05, 0.1) is 22.3 Å². The van der Waals surface area contributed by atoms with E-state index in [0.717, 1.165) is 37.8 Å². The van der Waals surface area contributed by atoms with Crippen LogP contribution in [0, 0.1) is 0 Å². The maximum Gasteiger partial charge on any atom is 0.416 e. The molecule has 2 nitrogen and oxygen atoms in total. The summed E-state index contributed by atoms with van der Waals surface area (Å²) in [6.07, 6.45) is -10.9. The first-order valence-corrected chi connectivity index (χ1v) is 11.4. The lowest BCUT2D eigenvalue weighted by atomic mass is 9.80. The quantitative estimate of drug-likeness (QED) is 0.314. The molecule has 1 aliphatic rings. The molecule has 200 valence electrons. The summed E-state index contributed by atoms with van der Waals surface area (Å²) in [4.78, 5) is 0. The van der Waals surface area contributed by atoms with Crippen molar-refractivity contribution in [1.29, 1.82) is 0 Å². The Labute approximate surface area is 202 Å². The van der Waals surface area contributed by atoms with Crippen molar-refractivity contribution in [3.05, 3.63) is 69.8 Å². The first kappa shape index (κ1) is 28.3. The second-order valence-electron chi connectivity index (χ2n) is 9.13. The van der Waals surface area contributed by atoms with Gasteiger partial charge in [-0.05, 0) is 66.3 Å². The number of hydrogen-bond donors (Lipinski definition) is 1. The number of hydrogen-bond acceptors (Lipinski definition) is 2. The molecule has 2 aromatic rings. The Morgan fingerprint density at radius 2 is 1.25 bits per heavy atom. The molecule has 0 saturated heterocycles. The van der Waals surface area contributed by atoms with Crippen molar-refractivity contribution >= 4 is 0 Å². The molecule has 1 atom stereocenters. The van der Waals surface area contributed by atoms with Crippen LogP contribution < -0.4 is 5.73 Å². The van der Waals surface area contributed by atoms with Crippen LogP contribution in [0.5, 0.6) is 0 Å². The van der Waals surface area contributed by atoms with Gasteiger partial charge in [-0.15, -0.1) is 0 Å². The van der Waals surface area contributed by atoms with E-state index in [4.69, 9.17) is 10.5 Å². The molecule has 0 heterocycles. The molecule has 1 unspecified atom stereocenters. The maximum atomic E-state index is 13.5. The molecular weight excluding hydrogens is 501 g/mol. The van der Waals surface area contributed by atoms with E-state index < -0.39 is 58.8 Å². The molecule has 1 aliphatic carbocycles. The second kappa shape index (κ2) is 10.2. The van der Waals surface area contributed by atoms with E-state index in [-0.39, 0.29) is 11.6 Å². The van der Waals surface area contributed by atoms with Crippen molar-refractivity contribution < 1.29 is 44.3 Å². The average molecular weight is 527 g/mol. The molecule has 0 radical (unpaired) electrons. The minimum Gasteiger partial charge on any atom is -0.374 e. The van der Waals surface area contributed by atoms with Gasteiger partial charge in [0.2, 0.25) is 0 Å². The number of rotatable bonds is 5. The van der Waals surface area contributed by atoms with Crippen LogP contribution >= 0.6 is 0 Å². The van der Waals surface area contributed by atoms with Crippen LogP contribution in [0.4, 0.5) is 39.5 Å². The average Bonchev–Trinajstić information content (AvgIpc) is 3.03. The third kappa shape index (κ3) is 6.34. The first-order chi connectivity index (χ1) is 16.6. The van der Waals surface area contributed by atoms with E-state index in [0.29, 0.717) is 30.5 Å². The van der Waals surface area contributed by atoms with Crippen molar-refractivity contribution in [3.63, 3.8) is 0 Å². The zero-order chi connectivity index (χ0) is 26.9. The molecule has 2 N–H and O–H groups in total. The highest BCUT2D eigenvalue weighted by molar-refractivity contribution is 5.41. The van der Waals surface area contributed by atoms with E-state index >= 15 is 0 Å². The summed E-state index contributed by atoms with van der Waals surface area (Å²) in [6, 6.07) is 2.61. The normalized spacial score (nSPS) is 18.1. The Balaban J connectivity index is 2.11. The van der Waals surface area contributed by atoms with Crippen LogP contribution in [0.3, 0.4) is 0 Å². The monoisotopic (exact) mass is 527 g/mol. The van der Waals surface area contributed by atoms with Crippen LogP contribution in [0.1, 0.15) is 77.9 Å². The molecule has 1 saturated carbocycles. The molecule has 2 aromatic carbocycles. The molecule has 1 fully saturated rings. The Morgan fingerprint density at radius 3 is 1.69 bits per heavy atom. The van der Waals surface area contributed by atoms with Gasteiger partial charge in [-0.3, -0.25) is 0 Å². The van der Waals surface area contributed by atoms with Crippen LogP contribution in [0.2, 0.25) is 0 Å². The predicted molar refractivity (Wildman–Crippen MR) is 115 cm³/mol. The van der Waals surface area contributed by atoms with Gasteiger partial charge >= 0.3 is 18.5 Å². The van der Waals surface area contributed by atoms with Gasteiger partial charge < -0.3 is 10.5 Å². The van der Waals surface area contributed by atoms with Crippen molar-refractivity contribution in [2.75, 3.05) is 7.11 Å². The van der Waals surface area contributed by atoms with E-state index in [9.17, 15) is 39.5 Å². The molecule has 0 aromatic heterocycles. The number of benzene rings is 2. The molecule has 0 spiro atoms. The number of alkyl halides is 9. The topological polar surface area (TPSA) is 35.2 Å². The van der Waals surface area contributed by atoms with Gasteiger partial charge in [-0.2, -0.15) is 39.5 Å². The molecule has 0 bridgehead atoms. The van der Waals surface area contributed by atoms with Crippen molar-refractivity contribution in [3.8, 4) is 0 Å². The molecule has 0 amide bonds. The summed E-state index contributed by atoms with van der Waals surface area (Å²) in [7, 11) is 1.44. The van der Waals surface area contributed by atoms with Crippen molar-refractivity contribution in [2.45, 2.75) is 75.1 Å². The van der Waals surface area contributed by atoms with Crippen molar-refractivity contribution in [2.24, 2.45) is 5.73 Å². The zero-order valence-electron chi connectivity index (χ0n) is 19.4. The highest BCUT2D eigenvalue weighted by atomic mass is 19.4. The van der Waals surface area contributed by atoms with Crippen LogP contribution in [-0.4, -0.2) is 7.11 Å². The minimum atomic E-state index is -5.07. The molecule has 0 aliphatic heterocycles. The van der Waals surface area contributed by atoms with Crippen molar-refractivity contribution in [1.82, 2.24) is 0 Å². The Hall–Kier alpha value is -2.27. The Morgan fingerprint density at radius 1 is 0.750 bits per heavy atom. The summed E-state index contributed by atoms with van der Waals surface area (Å²) in [5, 5.41) is 0. The lowest BCUT2D eigenvalue weighted by molar-refractivity contribution is -0.143. The van der Waals surface area contributed by atoms with Gasteiger partial charge in [0.15, 0.2) is 0 Å².